The third-order valence-corrected chi connectivity index (χ3v) is 4.58. The fourth-order valence-corrected chi connectivity index (χ4v) is 2.99. The highest BCUT2D eigenvalue weighted by atomic mass is 16.5. The molecule has 2 heterocycles. The van der Waals surface area contributed by atoms with Crippen molar-refractivity contribution in [2.45, 2.75) is 19.9 Å². The largest absolute Gasteiger partial charge is 0.439 e. The van der Waals surface area contributed by atoms with Gasteiger partial charge < -0.3 is 5.32 Å². The maximum Gasteiger partial charge on any atom is 0.439 e. The first-order valence-electron chi connectivity index (χ1n) is 8.98. The molecular weight excluding hydrogens is 372 g/mol. The van der Waals surface area contributed by atoms with E-state index in [1.165, 1.54) is 0 Å². The molecule has 0 aliphatic carbocycles. The number of para-hydroxylation sites is 1. The number of hydrogen-bond acceptors (Lipinski definition) is 6. The molecule has 29 heavy (non-hydrogen) atoms. The Morgan fingerprint density at radius 2 is 1.86 bits per heavy atom. The number of rotatable bonds is 5. The van der Waals surface area contributed by atoms with Gasteiger partial charge in [-0.2, -0.15) is 0 Å². The van der Waals surface area contributed by atoms with E-state index < -0.39 is 5.76 Å². The van der Waals surface area contributed by atoms with Crippen molar-refractivity contribution in [3.05, 3.63) is 82.1 Å². The summed E-state index contributed by atoms with van der Waals surface area (Å²) in [5, 5.41) is 14.7. The van der Waals surface area contributed by atoms with Crippen LogP contribution in [-0.2, 0) is 0 Å². The van der Waals surface area contributed by atoms with Crippen molar-refractivity contribution in [1.29, 1.82) is 0 Å². The van der Waals surface area contributed by atoms with Crippen LogP contribution >= 0.6 is 0 Å². The van der Waals surface area contributed by atoms with Crippen LogP contribution in [0.15, 0.2) is 63.9 Å². The zero-order valence-corrected chi connectivity index (χ0v) is 15.8. The lowest BCUT2D eigenvalue weighted by atomic mass is 10.1. The van der Waals surface area contributed by atoms with Crippen LogP contribution in [0, 0.1) is 6.92 Å². The van der Waals surface area contributed by atoms with Crippen molar-refractivity contribution in [3.63, 3.8) is 0 Å². The minimum absolute atomic E-state index is 0.255. The van der Waals surface area contributed by atoms with Gasteiger partial charge in [-0.3, -0.25) is 14.3 Å². The van der Waals surface area contributed by atoms with Gasteiger partial charge in [-0.05, 0) is 31.5 Å². The van der Waals surface area contributed by atoms with E-state index in [-0.39, 0.29) is 17.6 Å². The molecule has 9 heteroatoms. The maximum absolute atomic E-state index is 12.7. The zero-order valence-electron chi connectivity index (χ0n) is 15.8. The van der Waals surface area contributed by atoms with Crippen LogP contribution in [0.4, 0.5) is 0 Å². The molecule has 4 aromatic rings. The van der Waals surface area contributed by atoms with E-state index in [0.29, 0.717) is 17.1 Å². The number of carbonyl (C=O) groups is 1. The number of hydrogen-bond donors (Lipinski definition) is 2. The van der Waals surface area contributed by atoms with Gasteiger partial charge in [0.2, 0.25) is 0 Å². The van der Waals surface area contributed by atoms with Crippen molar-refractivity contribution in [2.24, 2.45) is 0 Å². The van der Waals surface area contributed by atoms with Crippen LogP contribution in [0.1, 0.15) is 34.7 Å². The van der Waals surface area contributed by atoms with Gasteiger partial charge in [-0.25, -0.2) is 9.48 Å². The molecule has 0 bridgehead atoms. The summed E-state index contributed by atoms with van der Waals surface area (Å²) in [6.45, 7) is 3.68. The summed E-state index contributed by atoms with van der Waals surface area (Å²) in [4.78, 5) is 26.3. The Kier molecular flexibility index (Phi) is 4.78. The minimum Gasteiger partial charge on any atom is -0.344 e. The molecule has 2 aromatic carbocycles. The predicted molar refractivity (Wildman–Crippen MR) is 105 cm³/mol. The number of H-pyrrole nitrogens is 1. The smallest absolute Gasteiger partial charge is 0.344 e. The predicted octanol–water partition coefficient (Wildman–Crippen LogP) is 2.41. The molecule has 0 aliphatic heterocycles. The third kappa shape index (κ3) is 3.70. The Morgan fingerprint density at radius 1 is 1.14 bits per heavy atom. The number of nitrogens with zero attached hydrogens (tertiary/aromatic N) is 4. The van der Waals surface area contributed by atoms with Gasteiger partial charge >= 0.3 is 5.76 Å². The van der Waals surface area contributed by atoms with Crippen molar-refractivity contribution in [1.82, 2.24) is 30.5 Å². The van der Waals surface area contributed by atoms with Crippen molar-refractivity contribution >= 4 is 5.91 Å². The van der Waals surface area contributed by atoms with E-state index >= 15 is 0 Å². The molecule has 0 saturated carbocycles. The molecule has 0 spiro atoms. The number of amides is 1. The normalized spacial score (nSPS) is 11.9. The molecule has 4 rings (SSSR count). The summed E-state index contributed by atoms with van der Waals surface area (Å²) in [5.41, 5.74) is 3.37. The van der Waals surface area contributed by atoms with E-state index in [9.17, 15) is 9.59 Å². The molecule has 0 radical (unpaired) electrons. The van der Waals surface area contributed by atoms with Gasteiger partial charge in [0.05, 0.1) is 17.4 Å². The summed E-state index contributed by atoms with van der Waals surface area (Å²) in [5.74, 6) is -0.558. The van der Waals surface area contributed by atoms with Gasteiger partial charge in [0.15, 0.2) is 11.5 Å². The molecule has 0 fully saturated rings. The van der Waals surface area contributed by atoms with E-state index in [1.807, 2.05) is 49.4 Å². The summed E-state index contributed by atoms with van der Waals surface area (Å²) >= 11 is 0. The van der Waals surface area contributed by atoms with Crippen LogP contribution in [0.25, 0.3) is 17.1 Å². The maximum atomic E-state index is 12.7. The number of aromatic nitrogens is 5. The number of nitrogens with one attached hydrogen (secondary N) is 2. The summed E-state index contributed by atoms with van der Waals surface area (Å²) in [7, 11) is 0. The lowest BCUT2D eigenvalue weighted by Gasteiger charge is -2.14. The molecule has 2 N–H and O–H groups in total. The van der Waals surface area contributed by atoms with Crippen molar-refractivity contribution in [3.8, 4) is 17.1 Å². The van der Waals surface area contributed by atoms with Gasteiger partial charge in [0.1, 0.15) is 0 Å². The Morgan fingerprint density at radius 3 is 2.52 bits per heavy atom. The molecule has 1 unspecified atom stereocenters. The van der Waals surface area contributed by atoms with Gasteiger partial charge in [-0.1, -0.05) is 52.8 Å². The van der Waals surface area contributed by atoms with Gasteiger partial charge in [0, 0.05) is 5.56 Å². The molecule has 146 valence electrons. The Balaban J connectivity index is 1.49. The number of carbonyl (C=O) groups excluding carboxylic acids is 1. The number of benzene rings is 2. The number of aromatic amines is 1. The van der Waals surface area contributed by atoms with Crippen LogP contribution in [0.5, 0.6) is 0 Å². The van der Waals surface area contributed by atoms with Crippen LogP contribution in [-0.4, -0.2) is 31.0 Å². The van der Waals surface area contributed by atoms with E-state index in [2.05, 4.69) is 30.3 Å². The standard InChI is InChI=1S/C20H18N6O3/c1-12(14-8-10-15(11-9-14)18-22-20(28)29-24-18)21-19(27)17-13(2)26(25-23-17)16-6-4-3-5-7-16/h3-12H,1-2H3,(H,21,27)(H,22,24,28). The average Bonchev–Trinajstić information content (AvgIpc) is 3.34. The van der Waals surface area contributed by atoms with E-state index in [4.69, 9.17) is 0 Å². The van der Waals surface area contributed by atoms with Crippen LogP contribution in [0.3, 0.4) is 0 Å². The molecule has 9 nitrogen and oxygen atoms in total. The zero-order chi connectivity index (χ0) is 20.4. The topological polar surface area (TPSA) is 119 Å². The second kappa shape index (κ2) is 7.55. The Hall–Kier alpha value is -4.01. The second-order valence-corrected chi connectivity index (χ2v) is 6.53. The Labute approximate surface area is 165 Å². The highest BCUT2D eigenvalue weighted by Crippen LogP contribution is 2.19. The fourth-order valence-electron chi connectivity index (χ4n) is 2.99. The first kappa shape index (κ1) is 18.4. The molecule has 1 amide bonds. The van der Waals surface area contributed by atoms with Gasteiger partial charge in [0.25, 0.3) is 5.91 Å². The first-order chi connectivity index (χ1) is 14.0. The van der Waals surface area contributed by atoms with Crippen molar-refractivity contribution < 1.29 is 9.32 Å². The average molecular weight is 390 g/mol. The third-order valence-electron chi connectivity index (χ3n) is 4.58. The van der Waals surface area contributed by atoms with Crippen LogP contribution in [0.2, 0.25) is 0 Å². The summed E-state index contributed by atoms with van der Waals surface area (Å²) < 4.78 is 6.14. The first-order valence-corrected chi connectivity index (χ1v) is 8.98. The van der Waals surface area contributed by atoms with Crippen LogP contribution < -0.4 is 11.1 Å². The highest BCUT2D eigenvalue weighted by Gasteiger charge is 2.19. The van der Waals surface area contributed by atoms with Crippen molar-refractivity contribution in [2.75, 3.05) is 0 Å². The summed E-state index contributed by atoms with van der Waals surface area (Å²) in [6.07, 6.45) is 0. The summed E-state index contributed by atoms with van der Waals surface area (Å²) in [6, 6.07) is 16.5. The second-order valence-electron chi connectivity index (χ2n) is 6.53. The molecular formula is C20H18N6O3. The molecule has 0 saturated heterocycles. The quantitative estimate of drug-likeness (QED) is 0.540. The minimum atomic E-state index is -0.608. The molecule has 0 aliphatic rings. The highest BCUT2D eigenvalue weighted by molar-refractivity contribution is 5.93. The lowest BCUT2D eigenvalue weighted by molar-refractivity contribution is 0.0934. The lowest BCUT2D eigenvalue weighted by Crippen LogP contribution is -2.27. The molecule has 2 aromatic heterocycles. The SMILES string of the molecule is Cc1c(C(=O)NC(C)c2ccc(-c3noc(=O)[nH]3)cc2)nnn1-c1ccccc1. The van der Waals surface area contributed by atoms with E-state index in [0.717, 1.165) is 11.3 Å². The van der Waals surface area contributed by atoms with E-state index in [1.54, 1.807) is 23.7 Å². The molecule has 1 atom stereocenters. The fraction of sp³-hybridized carbons (Fsp3) is 0.150. The Bertz CT molecular complexity index is 1190. The van der Waals surface area contributed by atoms with Gasteiger partial charge in [-0.15, -0.1) is 5.10 Å². The monoisotopic (exact) mass is 390 g/mol.